The van der Waals surface area contributed by atoms with E-state index in [1.54, 1.807) is 4.68 Å². The highest BCUT2D eigenvalue weighted by atomic mass is 35.5. The second kappa shape index (κ2) is 4.65. The molecule has 1 aliphatic heterocycles. The summed E-state index contributed by atoms with van der Waals surface area (Å²) >= 11 is 11.5. The molecule has 15 heavy (non-hydrogen) atoms. The van der Waals surface area contributed by atoms with E-state index in [4.69, 9.17) is 27.9 Å². The zero-order valence-electron chi connectivity index (χ0n) is 7.94. The van der Waals surface area contributed by atoms with Crippen LogP contribution in [0.1, 0.15) is 17.4 Å². The smallest absolute Gasteiger partial charge is 0.105 e. The monoisotopic (exact) mass is 251 g/mol. The summed E-state index contributed by atoms with van der Waals surface area (Å²) in [6.07, 6.45) is -0.558. The van der Waals surface area contributed by atoms with Gasteiger partial charge in [-0.15, -0.1) is 28.3 Å². The molecule has 0 aliphatic carbocycles. The van der Waals surface area contributed by atoms with Gasteiger partial charge in [-0.1, -0.05) is 5.21 Å². The van der Waals surface area contributed by atoms with Crippen molar-refractivity contribution in [3.8, 4) is 0 Å². The summed E-state index contributed by atoms with van der Waals surface area (Å²) in [6, 6.07) is -0.205. The maximum absolute atomic E-state index is 9.65. The van der Waals surface area contributed by atoms with Crippen molar-refractivity contribution in [1.29, 1.82) is 0 Å². The summed E-state index contributed by atoms with van der Waals surface area (Å²) in [7, 11) is 0. The average molecular weight is 252 g/mol. The van der Waals surface area contributed by atoms with Crippen LogP contribution in [0.15, 0.2) is 0 Å². The molecule has 0 radical (unpaired) electrons. The van der Waals surface area contributed by atoms with Crippen molar-refractivity contribution in [3.05, 3.63) is 11.4 Å². The minimum Gasteiger partial charge on any atom is -0.388 e. The van der Waals surface area contributed by atoms with Gasteiger partial charge in [0.1, 0.15) is 17.8 Å². The van der Waals surface area contributed by atoms with Crippen LogP contribution in [0.4, 0.5) is 0 Å². The molecule has 5 nitrogen and oxygen atoms in total. The molecule has 0 saturated carbocycles. The molecule has 0 aromatic carbocycles. The number of rotatable bonds is 3. The summed E-state index contributed by atoms with van der Waals surface area (Å²) in [6.45, 7) is 0.749. The van der Waals surface area contributed by atoms with Crippen LogP contribution in [0.25, 0.3) is 0 Å². The van der Waals surface area contributed by atoms with Gasteiger partial charge in [0.2, 0.25) is 0 Å². The van der Waals surface area contributed by atoms with Crippen molar-refractivity contribution in [2.24, 2.45) is 0 Å². The molecule has 2 rings (SSSR count). The van der Waals surface area contributed by atoms with E-state index in [-0.39, 0.29) is 17.8 Å². The Morgan fingerprint density at radius 3 is 2.73 bits per heavy atom. The van der Waals surface area contributed by atoms with Gasteiger partial charge in [0, 0.05) is 0 Å². The highest BCUT2D eigenvalue weighted by Gasteiger charge is 2.31. The van der Waals surface area contributed by atoms with Crippen LogP contribution in [-0.2, 0) is 16.5 Å². The average Bonchev–Trinajstić information content (AvgIpc) is 2.82. The predicted molar refractivity (Wildman–Crippen MR) is 55.0 cm³/mol. The van der Waals surface area contributed by atoms with Crippen molar-refractivity contribution < 1.29 is 9.84 Å². The molecule has 0 bridgehead atoms. The number of aromatic nitrogens is 3. The third-order valence-electron chi connectivity index (χ3n) is 2.46. The van der Waals surface area contributed by atoms with Crippen LogP contribution in [0, 0.1) is 0 Å². The van der Waals surface area contributed by atoms with E-state index < -0.39 is 6.10 Å². The van der Waals surface area contributed by atoms with Gasteiger partial charge in [-0.25, -0.2) is 4.68 Å². The number of hydrogen-bond donors (Lipinski definition) is 1. The third-order valence-corrected chi connectivity index (χ3v) is 2.97. The Kier molecular flexibility index (Phi) is 3.45. The summed E-state index contributed by atoms with van der Waals surface area (Å²) in [5.41, 5.74) is 1.41. The lowest BCUT2D eigenvalue weighted by atomic mass is 10.2. The second-order valence-corrected chi connectivity index (χ2v) is 3.90. The molecule has 0 spiro atoms. The minimum absolute atomic E-state index is 0.205. The predicted octanol–water partition coefficient (Wildman–Crippen LogP) is 0.688. The number of halogens is 2. The van der Waals surface area contributed by atoms with Crippen molar-refractivity contribution in [2.45, 2.75) is 23.9 Å². The van der Waals surface area contributed by atoms with Gasteiger partial charge in [-0.05, 0) is 0 Å². The molecule has 1 aromatic heterocycles. The van der Waals surface area contributed by atoms with Crippen LogP contribution >= 0.6 is 23.2 Å². The van der Waals surface area contributed by atoms with E-state index in [2.05, 4.69) is 10.3 Å². The number of aliphatic hydroxyl groups is 1. The Morgan fingerprint density at radius 1 is 1.40 bits per heavy atom. The normalized spacial score (nSPS) is 26.1. The van der Waals surface area contributed by atoms with Gasteiger partial charge in [0.05, 0.1) is 30.7 Å². The molecule has 1 fully saturated rings. The second-order valence-electron chi connectivity index (χ2n) is 3.37. The quantitative estimate of drug-likeness (QED) is 0.804. The largest absolute Gasteiger partial charge is 0.388 e. The molecule has 0 unspecified atom stereocenters. The molecule has 2 atom stereocenters. The standard InChI is InChI=1S/C8H11Cl2N3O2/c9-1-5-6(2-10)13(12-11-5)7-3-15-4-8(7)14/h7-8,14H,1-4H2/t7-,8-/m1/s1. The van der Waals surface area contributed by atoms with E-state index in [0.29, 0.717) is 18.9 Å². The molecular weight excluding hydrogens is 241 g/mol. The Hall–Kier alpha value is -0.360. The molecule has 7 heteroatoms. The maximum Gasteiger partial charge on any atom is 0.105 e. The number of hydrogen-bond acceptors (Lipinski definition) is 4. The van der Waals surface area contributed by atoms with Gasteiger partial charge < -0.3 is 9.84 Å². The summed E-state index contributed by atoms with van der Waals surface area (Å²) in [5.74, 6) is 0.546. The number of alkyl halides is 2. The lowest BCUT2D eigenvalue weighted by Gasteiger charge is -2.14. The molecule has 1 N–H and O–H groups in total. The molecule has 2 heterocycles. The van der Waals surface area contributed by atoms with E-state index >= 15 is 0 Å². The fourth-order valence-electron chi connectivity index (χ4n) is 1.62. The summed E-state index contributed by atoms with van der Waals surface area (Å²) in [5, 5.41) is 17.5. The van der Waals surface area contributed by atoms with Gasteiger partial charge >= 0.3 is 0 Å². The Balaban J connectivity index is 2.30. The SMILES string of the molecule is O[C@@H]1COC[C@H]1n1nnc(CCl)c1CCl. The zero-order chi connectivity index (χ0) is 10.8. The first-order valence-corrected chi connectivity index (χ1v) is 5.65. The van der Waals surface area contributed by atoms with Crippen molar-refractivity contribution in [3.63, 3.8) is 0 Å². The Morgan fingerprint density at radius 2 is 2.20 bits per heavy atom. The van der Waals surface area contributed by atoms with Gasteiger partial charge in [-0.3, -0.25) is 0 Å². The number of aliphatic hydroxyl groups excluding tert-OH is 1. The van der Waals surface area contributed by atoms with Gasteiger partial charge in [0.15, 0.2) is 0 Å². The first kappa shape index (κ1) is 11.1. The van der Waals surface area contributed by atoms with Crippen LogP contribution in [0.3, 0.4) is 0 Å². The highest BCUT2D eigenvalue weighted by Crippen LogP contribution is 2.23. The molecular formula is C8H11Cl2N3O2. The number of nitrogens with zero attached hydrogens (tertiary/aromatic N) is 3. The van der Waals surface area contributed by atoms with Gasteiger partial charge in [-0.2, -0.15) is 0 Å². The van der Waals surface area contributed by atoms with Crippen molar-refractivity contribution >= 4 is 23.2 Å². The lowest BCUT2D eigenvalue weighted by Crippen LogP contribution is -2.24. The van der Waals surface area contributed by atoms with Gasteiger partial charge in [0.25, 0.3) is 0 Å². The van der Waals surface area contributed by atoms with Crippen LogP contribution in [-0.4, -0.2) is 39.4 Å². The first-order chi connectivity index (χ1) is 7.27. The maximum atomic E-state index is 9.65. The third kappa shape index (κ3) is 1.97. The molecule has 1 saturated heterocycles. The van der Waals surface area contributed by atoms with Crippen molar-refractivity contribution in [1.82, 2.24) is 15.0 Å². The number of ether oxygens (including phenoxy) is 1. The van der Waals surface area contributed by atoms with E-state index in [1.165, 1.54) is 0 Å². The first-order valence-electron chi connectivity index (χ1n) is 4.58. The summed E-state index contributed by atoms with van der Waals surface area (Å²) in [4.78, 5) is 0. The summed E-state index contributed by atoms with van der Waals surface area (Å²) < 4.78 is 6.76. The topological polar surface area (TPSA) is 60.2 Å². The highest BCUT2D eigenvalue weighted by molar-refractivity contribution is 6.18. The van der Waals surface area contributed by atoms with Crippen molar-refractivity contribution in [2.75, 3.05) is 13.2 Å². The minimum atomic E-state index is -0.558. The van der Waals surface area contributed by atoms with E-state index in [9.17, 15) is 5.11 Å². The molecule has 1 aromatic rings. The Bertz CT molecular complexity index is 345. The van der Waals surface area contributed by atoms with E-state index in [0.717, 1.165) is 5.69 Å². The fraction of sp³-hybridized carbons (Fsp3) is 0.750. The molecule has 84 valence electrons. The molecule has 1 aliphatic rings. The molecule has 0 amide bonds. The van der Waals surface area contributed by atoms with Crippen LogP contribution in [0.5, 0.6) is 0 Å². The van der Waals surface area contributed by atoms with E-state index in [1.807, 2.05) is 0 Å². The zero-order valence-corrected chi connectivity index (χ0v) is 9.45. The van der Waals surface area contributed by atoms with Crippen LogP contribution < -0.4 is 0 Å². The fourth-order valence-corrected chi connectivity index (χ4v) is 2.10. The lowest BCUT2D eigenvalue weighted by molar-refractivity contribution is 0.117. The van der Waals surface area contributed by atoms with Crippen LogP contribution in [0.2, 0.25) is 0 Å². The Labute approximate surface area is 96.9 Å².